The fourth-order valence-corrected chi connectivity index (χ4v) is 1.94. The molecule has 0 saturated carbocycles. The highest BCUT2D eigenvalue weighted by Gasteiger charge is 2.35. The second kappa shape index (κ2) is 4.60. The Labute approximate surface area is 104 Å². The molecule has 5 heteroatoms. The van der Waals surface area contributed by atoms with Crippen molar-refractivity contribution in [3.63, 3.8) is 0 Å². The van der Waals surface area contributed by atoms with E-state index >= 15 is 0 Å². The largest absolute Gasteiger partial charge is 0.469 e. The Bertz CT molecular complexity index is 536. The van der Waals surface area contributed by atoms with Gasteiger partial charge in [0.05, 0.1) is 24.8 Å². The van der Waals surface area contributed by atoms with Gasteiger partial charge < -0.3 is 9.64 Å². The summed E-state index contributed by atoms with van der Waals surface area (Å²) in [5, 5.41) is 0. The average molecular weight is 247 g/mol. The van der Waals surface area contributed by atoms with Gasteiger partial charge in [-0.3, -0.25) is 14.4 Å². The SMILES string of the molecule is COC(=O)CCN1C(=O)C(=O)c2cc(C)ccc21. The van der Waals surface area contributed by atoms with E-state index in [0.717, 1.165) is 5.56 Å². The number of carbonyl (C=O) groups is 3. The van der Waals surface area contributed by atoms with E-state index in [0.29, 0.717) is 11.3 Å². The smallest absolute Gasteiger partial charge is 0.307 e. The first-order chi connectivity index (χ1) is 8.54. The van der Waals surface area contributed by atoms with E-state index in [9.17, 15) is 14.4 Å². The maximum Gasteiger partial charge on any atom is 0.307 e. The van der Waals surface area contributed by atoms with Crippen molar-refractivity contribution in [3.05, 3.63) is 29.3 Å². The molecule has 1 aromatic rings. The lowest BCUT2D eigenvalue weighted by Crippen LogP contribution is -2.31. The molecular weight excluding hydrogens is 234 g/mol. The molecule has 1 heterocycles. The monoisotopic (exact) mass is 247 g/mol. The van der Waals surface area contributed by atoms with Crippen LogP contribution in [-0.4, -0.2) is 31.3 Å². The van der Waals surface area contributed by atoms with Crippen LogP contribution in [0.2, 0.25) is 0 Å². The Hall–Kier alpha value is -2.17. The number of hydrogen-bond acceptors (Lipinski definition) is 4. The number of ether oxygens (including phenoxy) is 1. The van der Waals surface area contributed by atoms with Crippen molar-refractivity contribution in [2.75, 3.05) is 18.6 Å². The van der Waals surface area contributed by atoms with Crippen molar-refractivity contribution in [2.45, 2.75) is 13.3 Å². The van der Waals surface area contributed by atoms with Crippen LogP contribution in [0.5, 0.6) is 0 Å². The summed E-state index contributed by atoms with van der Waals surface area (Å²) in [7, 11) is 1.29. The van der Waals surface area contributed by atoms with E-state index in [1.54, 1.807) is 12.1 Å². The van der Waals surface area contributed by atoms with Crippen LogP contribution in [0.3, 0.4) is 0 Å². The zero-order chi connectivity index (χ0) is 13.3. The highest BCUT2D eigenvalue weighted by Crippen LogP contribution is 2.29. The predicted octanol–water partition coefficient (Wildman–Crippen LogP) is 1.09. The maximum atomic E-state index is 11.8. The first-order valence-electron chi connectivity index (χ1n) is 5.58. The van der Waals surface area contributed by atoms with Gasteiger partial charge in [0.25, 0.3) is 11.7 Å². The van der Waals surface area contributed by atoms with Crippen LogP contribution in [0, 0.1) is 6.92 Å². The summed E-state index contributed by atoms with van der Waals surface area (Å²) in [6, 6.07) is 5.24. The molecule has 0 N–H and O–H groups in total. The summed E-state index contributed by atoms with van der Waals surface area (Å²) in [5.41, 5.74) is 1.90. The predicted molar refractivity (Wildman–Crippen MR) is 64.5 cm³/mol. The zero-order valence-electron chi connectivity index (χ0n) is 10.2. The molecule has 0 aromatic heterocycles. The second-order valence-electron chi connectivity index (χ2n) is 4.13. The number of anilines is 1. The molecule has 0 fully saturated rings. The molecule has 0 spiro atoms. The molecule has 1 aliphatic rings. The van der Waals surface area contributed by atoms with Crippen LogP contribution >= 0.6 is 0 Å². The van der Waals surface area contributed by atoms with Crippen LogP contribution in [0.25, 0.3) is 0 Å². The minimum absolute atomic E-state index is 0.0723. The first-order valence-corrected chi connectivity index (χ1v) is 5.58. The molecule has 1 aromatic carbocycles. The van der Waals surface area contributed by atoms with Gasteiger partial charge in [0.15, 0.2) is 0 Å². The van der Waals surface area contributed by atoms with Crippen LogP contribution < -0.4 is 4.90 Å². The van der Waals surface area contributed by atoms with Crippen LogP contribution in [0.15, 0.2) is 18.2 Å². The molecule has 1 amide bonds. The zero-order valence-corrected chi connectivity index (χ0v) is 10.2. The van der Waals surface area contributed by atoms with Crippen molar-refractivity contribution < 1.29 is 19.1 Å². The maximum absolute atomic E-state index is 11.8. The Balaban J connectivity index is 2.26. The third-order valence-electron chi connectivity index (χ3n) is 2.89. The summed E-state index contributed by atoms with van der Waals surface area (Å²) >= 11 is 0. The van der Waals surface area contributed by atoms with Crippen molar-refractivity contribution in [1.82, 2.24) is 0 Å². The Kier molecular flexibility index (Phi) is 3.14. The average Bonchev–Trinajstić information content (AvgIpc) is 2.60. The molecule has 0 radical (unpaired) electrons. The minimum atomic E-state index is -0.584. The highest BCUT2D eigenvalue weighted by molar-refractivity contribution is 6.52. The third-order valence-corrected chi connectivity index (χ3v) is 2.89. The summed E-state index contributed by atoms with van der Waals surface area (Å²) in [6.07, 6.45) is 0.0723. The number of methoxy groups -OCH3 is 1. The van der Waals surface area contributed by atoms with Gasteiger partial charge in [-0.05, 0) is 19.1 Å². The number of carbonyl (C=O) groups excluding carboxylic acids is 3. The lowest BCUT2D eigenvalue weighted by Gasteiger charge is -2.15. The number of ketones is 1. The summed E-state index contributed by atoms with van der Waals surface area (Å²) in [6.45, 7) is 2.02. The molecule has 0 saturated heterocycles. The Morgan fingerprint density at radius 3 is 2.72 bits per heavy atom. The van der Waals surface area contributed by atoms with E-state index in [4.69, 9.17) is 0 Å². The van der Waals surface area contributed by atoms with Gasteiger partial charge in [0.1, 0.15) is 0 Å². The summed E-state index contributed by atoms with van der Waals surface area (Å²) < 4.78 is 4.52. The molecule has 2 rings (SSSR count). The number of esters is 1. The lowest BCUT2D eigenvalue weighted by atomic mass is 10.1. The molecular formula is C13H13NO4. The highest BCUT2D eigenvalue weighted by atomic mass is 16.5. The van der Waals surface area contributed by atoms with Gasteiger partial charge in [0.2, 0.25) is 0 Å². The first kappa shape index (κ1) is 12.3. The summed E-state index contributed by atoms with van der Waals surface area (Å²) in [4.78, 5) is 36.0. The number of hydrogen-bond donors (Lipinski definition) is 0. The standard InChI is InChI=1S/C13H13NO4/c1-8-3-4-10-9(7-8)12(16)13(17)14(10)6-5-11(15)18-2/h3-4,7H,5-6H2,1-2H3. The number of rotatable bonds is 3. The van der Waals surface area contributed by atoms with E-state index in [1.165, 1.54) is 12.0 Å². The van der Waals surface area contributed by atoms with Crippen LogP contribution in [0.4, 0.5) is 5.69 Å². The molecule has 0 aliphatic carbocycles. The second-order valence-corrected chi connectivity index (χ2v) is 4.13. The molecule has 0 unspecified atom stereocenters. The van der Waals surface area contributed by atoms with Crippen molar-refractivity contribution >= 4 is 23.3 Å². The van der Waals surface area contributed by atoms with Crippen molar-refractivity contribution in [1.29, 1.82) is 0 Å². The molecule has 18 heavy (non-hydrogen) atoms. The third kappa shape index (κ3) is 1.99. The summed E-state index contributed by atoms with van der Waals surface area (Å²) in [5.74, 6) is -1.51. The number of fused-ring (bicyclic) bond motifs is 1. The normalized spacial score (nSPS) is 13.8. The fraction of sp³-hybridized carbons (Fsp3) is 0.308. The Morgan fingerprint density at radius 1 is 1.33 bits per heavy atom. The molecule has 94 valence electrons. The van der Waals surface area contributed by atoms with Crippen LogP contribution in [0.1, 0.15) is 22.3 Å². The number of nitrogens with zero attached hydrogens (tertiary/aromatic N) is 1. The van der Waals surface area contributed by atoms with E-state index in [1.807, 2.05) is 13.0 Å². The molecule has 0 atom stereocenters. The molecule has 5 nitrogen and oxygen atoms in total. The quantitative estimate of drug-likeness (QED) is 0.592. The minimum Gasteiger partial charge on any atom is -0.469 e. The van der Waals surface area contributed by atoms with Gasteiger partial charge in [-0.25, -0.2) is 0 Å². The number of amides is 1. The Morgan fingerprint density at radius 2 is 2.06 bits per heavy atom. The molecule has 0 bridgehead atoms. The van der Waals surface area contributed by atoms with Gasteiger partial charge in [-0.2, -0.15) is 0 Å². The van der Waals surface area contributed by atoms with Gasteiger partial charge in [-0.15, -0.1) is 0 Å². The van der Waals surface area contributed by atoms with Crippen LogP contribution in [-0.2, 0) is 14.3 Å². The van der Waals surface area contributed by atoms with E-state index in [2.05, 4.69) is 4.74 Å². The van der Waals surface area contributed by atoms with Crippen molar-refractivity contribution in [2.24, 2.45) is 0 Å². The topological polar surface area (TPSA) is 63.7 Å². The lowest BCUT2D eigenvalue weighted by molar-refractivity contribution is -0.140. The number of aryl methyl sites for hydroxylation is 1. The van der Waals surface area contributed by atoms with Gasteiger partial charge in [0, 0.05) is 6.54 Å². The number of Topliss-reactive ketones (excluding diaryl/α,β-unsaturated/α-hetero) is 1. The van der Waals surface area contributed by atoms with E-state index < -0.39 is 17.7 Å². The van der Waals surface area contributed by atoms with Gasteiger partial charge >= 0.3 is 5.97 Å². The molecule has 1 aliphatic heterocycles. The van der Waals surface area contributed by atoms with Gasteiger partial charge in [-0.1, -0.05) is 11.6 Å². The number of benzene rings is 1. The van der Waals surface area contributed by atoms with E-state index in [-0.39, 0.29) is 13.0 Å². The fourth-order valence-electron chi connectivity index (χ4n) is 1.94. The van der Waals surface area contributed by atoms with Crippen molar-refractivity contribution in [3.8, 4) is 0 Å².